The second-order valence-electron chi connectivity index (χ2n) is 18.0. The average Bonchev–Trinajstić information content (AvgIpc) is 3.37. The van der Waals surface area contributed by atoms with Gasteiger partial charge < -0.3 is 42.0 Å². The summed E-state index contributed by atoms with van der Waals surface area (Å²) >= 11 is 4.14. The Morgan fingerprint density at radius 1 is 0.926 bits per heavy atom. The molecule has 0 amide bonds. The molecule has 4 heterocycles. The number of hydrogen-bond donors (Lipinski definition) is 0. The molecule has 0 saturated carbocycles. The average molecular weight is 835 g/mol. The maximum Gasteiger partial charge on any atom is 0.192 e. The Balaban J connectivity index is 1.57. The van der Waals surface area contributed by atoms with Crippen molar-refractivity contribution in [1.82, 2.24) is 0 Å². The molecule has 0 spiro atoms. The highest BCUT2D eigenvalue weighted by molar-refractivity contribution is 8.19. The quantitative estimate of drug-likeness (QED) is 0.0668. The van der Waals surface area contributed by atoms with Crippen molar-refractivity contribution in [2.45, 2.75) is 195 Å². The molecule has 0 radical (unpaired) electrons. The maximum absolute atomic E-state index is 7.39. The molecule has 4 rings (SSSR count). The minimum Gasteiger partial charge on any atom is -0.487 e. The van der Waals surface area contributed by atoms with Crippen molar-refractivity contribution < 1.29 is 42.0 Å². The third kappa shape index (κ3) is 11.8. The molecule has 3 saturated heterocycles. The van der Waals surface area contributed by atoms with Crippen LogP contribution in [0.2, 0.25) is 36.3 Å². The molecule has 0 aromatic carbocycles. The van der Waals surface area contributed by atoms with Gasteiger partial charge in [-0.25, -0.2) is 0 Å². The zero-order valence-electron chi connectivity index (χ0n) is 36.2. The summed E-state index contributed by atoms with van der Waals surface area (Å²) in [5.74, 6) is 3.37. The molecule has 0 bridgehead atoms. The molecule has 0 aliphatic carbocycles. The van der Waals surface area contributed by atoms with E-state index in [0.29, 0.717) is 20.0 Å². The number of methoxy groups -OCH3 is 2. The summed E-state index contributed by atoms with van der Waals surface area (Å²) in [5, 5.41) is 0.143. The summed E-state index contributed by atoms with van der Waals surface area (Å²) in [6.45, 7) is 25.0. The van der Waals surface area contributed by atoms with Gasteiger partial charge in [0, 0.05) is 27.2 Å². The van der Waals surface area contributed by atoms with Gasteiger partial charge in [-0.1, -0.05) is 41.5 Å². The number of hydrogen-bond acceptors (Lipinski definition) is 11. The van der Waals surface area contributed by atoms with Gasteiger partial charge in [0.25, 0.3) is 0 Å². The van der Waals surface area contributed by atoms with Crippen molar-refractivity contribution in [1.29, 1.82) is 0 Å². The van der Waals surface area contributed by atoms with Crippen molar-refractivity contribution >= 4 is 40.2 Å². The van der Waals surface area contributed by atoms with Crippen LogP contribution in [0.1, 0.15) is 113 Å². The highest BCUT2D eigenvalue weighted by Gasteiger charge is 2.53. The van der Waals surface area contributed by atoms with E-state index in [1.54, 1.807) is 14.2 Å². The Kier molecular flexibility index (Phi) is 17.9. The van der Waals surface area contributed by atoms with Crippen LogP contribution in [0.15, 0.2) is 11.8 Å². The van der Waals surface area contributed by atoms with Gasteiger partial charge in [-0.15, -0.1) is 23.5 Å². The first-order valence-corrected chi connectivity index (χ1v) is 28.4. The van der Waals surface area contributed by atoms with E-state index in [-0.39, 0.29) is 46.4 Å². The fourth-order valence-corrected chi connectivity index (χ4v) is 15.5. The van der Waals surface area contributed by atoms with Crippen molar-refractivity contribution in [2.75, 3.05) is 52.5 Å². The molecule has 3 fully saturated rings. The fourth-order valence-electron chi connectivity index (χ4n) is 8.22. The molecule has 0 unspecified atom stereocenters. The van der Waals surface area contributed by atoms with Gasteiger partial charge in [0.05, 0.1) is 36.6 Å². The highest BCUT2D eigenvalue weighted by Crippen LogP contribution is 2.55. The Morgan fingerprint density at radius 2 is 1.57 bits per heavy atom. The van der Waals surface area contributed by atoms with Crippen LogP contribution in [0, 0.1) is 0 Å². The largest absolute Gasteiger partial charge is 0.487 e. The van der Waals surface area contributed by atoms with E-state index in [2.05, 4.69) is 98.1 Å². The summed E-state index contributed by atoms with van der Waals surface area (Å²) in [6.07, 6.45) is 10.3. The first-order chi connectivity index (χ1) is 25.5. The summed E-state index contributed by atoms with van der Waals surface area (Å²) in [6, 6.07) is 3.39. The molecule has 0 N–H and O–H groups in total. The van der Waals surface area contributed by atoms with Crippen LogP contribution in [0.25, 0.3) is 0 Å². The van der Waals surface area contributed by atoms with Crippen molar-refractivity contribution in [3.05, 3.63) is 11.8 Å². The molecule has 0 aromatic rings. The molecule has 316 valence electrons. The zero-order valence-corrected chi connectivity index (χ0v) is 39.8. The Morgan fingerprint density at radius 3 is 2.20 bits per heavy atom. The summed E-state index contributed by atoms with van der Waals surface area (Å²) < 4.78 is 58.1. The molecule has 4 aliphatic heterocycles. The number of thioether (sulfide) groups is 2. The molecule has 0 aromatic heterocycles. The van der Waals surface area contributed by atoms with E-state index >= 15 is 0 Å². The van der Waals surface area contributed by atoms with E-state index in [1.807, 2.05) is 0 Å². The monoisotopic (exact) mass is 834 g/mol. The lowest BCUT2D eigenvalue weighted by Crippen LogP contribution is -2.51. The van der Waals surface area contributed by atoms with Gasteiger partial charge in [0.2, 0.25) is 0 Å². The lowest BCUT2D eigenvalue weighted by molar-refractivity contribution is -0.196. The second kappa shape index (κ2) is 20.6. The molecular weight excluding hydrogens is 757 g/mol. The summed E-state index contributed by atoms with van der Waals surface area (Å²) in [7, 11) is -0.554. The fraction of sp³-hybridized carbons (Fsp3) is 0.951. The van der Waals surface area contributed by atoms with Crippen LogP contribution < -0.4 is 0 Å². The lowest BCUT2D eigenvalue weighted by Gasteiger charge is -2.48. The lowest BCUT2D eigenvalue weighted by atomic mass is 9.88. The third-order valence-corrected chi connectivity index (χ3v) is 25.8. The Bertz CT molecular complexity index is 1150. The summed E-state index contributed by atoms with van der Waals surface area (Å²) in [4.78, 5) is 0. The normalized spacial score (nSPS) is 31.4. The van der Waals surface area contributed by atoms with Crippen LogP contribution in [-0.2, 0) is 42.0 Å². The zero-order chi connectivity index (χ0) is 39.7. The predicted molar refractivity (Wildman–Crippen MR) is 229 cm³/mol. The van der Waals surface area contributed by atoms with E-state index < -0.39 is 27.8 Å². The van der Waals surface area contributed by atoms with Gasteiger partial charge in [-0.3, -0.25) is 0 Å². The molecule has 9 nitrogen and oxygen atoms in total. The minimum atomic E-state index is -1.98. The second-order valence-corrected chi connectivity index (χ2v) is 30.6. The molecule has 13 heteroatoms. The van der Waals surface area contributed by atoms with Crippen molar-refractivity contribution in [3.63, 3.8) is 0 Å². The predicted octanol–water partition coefficient (Wildman–Crippen LogP) is 10.3. The number of fused-ring (bicyclic) bond motifs is 2. The SMILES string of the molecule is CC[Si](CC)(CC)O[C@H](CO[Si](C)(C)C(C)(C)C)CC1(C2=CC[C@@H]3O[C@@H]4CC[C@](C)(OCOC)[C@@H](CCCOCOC)O[C@H]4CC[C@@]3(C)O2)SCCCS1. The van der Waals surface area contributed by atoms with Crippen LogP contribution >= 0.6 is 23.5 Å². The number of rotatable bonds is 20. The van der Waals surface area contributed by atoms with E-state index in [4.69, 9.17) is 42.0 Å². The van der Waals surface area contributed by atoms with Crippen LogP contribution in [-0.4, -0.2) is 115 Å². The molecular formula is C41H78O9S2Si2. The van der Waals surface area contributed by atoms with Crippen LogP contribution in [0.3, 0.4) is 0 Å². The molecule has 4 aliphatic rings. The van der Waals surface area contributed by atoms with Gasteiger partial charge in [-0.2, -0.15) is 0 Å². The molecule has 7 atom stereocenters. The standard InChI is InChI=1S/C41H78O9S2Si2/c1-13-54(14-2,15-3)50-32(29-46-53(11,12)38(4,5)6)28-41(51-26-17-27-52-41)37-20-19-36-40(8,49-37)24-22-34-33(48-36)21-23-39(7,45-31-43-10)35(47-34)18-16-25-44-30-42-9/h20,32-36H,13-19,21-31H2,1-12H3/t32-,33+,34-,35+,36-,39-,40+/m0/s1. The maximum atomic E-state index is 7.39. The van der Waals surface area contributed by atoms with Crippen molar-refractivity contribution in [3.8, 4) is 0 Å². The first kappa shape index (κ1) is 47.0. The van der Waals surface area contributed by atoms with Gasteiger partial charge in [0.15, 0.2) is 16.6 Å². The van der Waals surface area contributed by atoms with Gasteiger partial charge in [0.1, 0.15) is 35.1 Å². The topological polar surface area (TPSA) is 83.1 Å². The molecule has 54 heavy (non-hydrogen) atoms. The van der Waals surface area contributed by atoms with Crippen LogP contribution in [0.4, 0.5) is 0 Å². The van der Waals surface area contributed by atoms with Gasteiger partial charge in [-0.05, 0) is 119 Å². The smallest absolute Gasteiger partial charge is 0.192 e. The van der Waals surface area contributed by atoms with Gasteiger partial charge >= 0.3 is 0 Å². The number of ether oxygens (including phenoxy) is 7. The Hall–Kier alpha value is 0.354. The Labute approximate surface area is 340 Å². The summed E-state index contributed by atoms with van der Waals surface area (Å²) in [5.41, 5.74) is -0.929. The van der Waals surface area contributed by atoms with E-state index in [9.17, 15) is 0 Å². The van der Waals surface area contributed by atoms with Crippen molar-refractivity contribution in [2.24, 2.45) is 0 Å². The first-order valence-electron chi connectivity index (χ1n) is 21.0. The highest BCUT2D eigenvalue weighted by atomic mass is 32.2. The van der Waals surface area contributed by atoms with Crippen LogP contribution in [0.5, 0.6) is 0 Å². The van der Waals surface area contributed by atoms with E-state index in [0.717, 1.165) is 86.8 Å². The third-order valence-electron chi connectivity index (χ3n) is 13.2. The minimum absolute atomic E-state index is 0.0237. The van der Waals surface area contributed by atoms with E-state index in [1.165, 1.54) is 6.42 Å².